The standard InChI is InChI=1S/C19H22N4O4S/c24-17(22-10-4-7-13-5-1-2-9-16(13)22)12-28-19-21-20-18(27-19)14-6-3-8-15(11-14)23(25)26/h3,6,8,11,13,16H,1-2,4-5,7,9-10,12H2/t13-,16+/m1/s1. The van der Waals surface area contributed by atoms with Crippen LogP contribution in [-0.4, -0.2) is 44.3 Å². The van der Waals surface area contributed by atoms with Crippen LogP contribution in [0.5, 0.6) is 0 Å². The first kappa shape index (κ1) is 18.9. The van der Waals surface area contributed by atoms with Crippen molar-refractivity contribution in [3.63, 3.8) is 0 Å². The number of hydrogen-bond acceptors (Lipinski definition) is 7. The molecule has 1 amide bonds. The molecule has 0 radical (unpaired) electrons. The molecule has 0 bridgehead atoms. The van der Waals surface area contributed by atoms with Gasteiger partial charge in [0.25, 0.3) is 10.9 Å². The fourth-order valence-corrected chi connectivity index (χ4v) is 4.93. The number of nitrogens with zero attached hydrogens (tertiary/aromatic N) is 4. The zero-order chi connectivity index (χ0) is 19.5. The minimum Gasteiger partial charge on any atom is -0.411 e. The molecular formula is C19H22N4O4S. The lowest BCUT2D eigenvalue weighted by molar-refractivity contribution is -0.384. The Bertz CT molecular complexity index is 869. The van der Waals surface area contributed by atoms with Crippen LogP contribution in [-0.2, 0) is 4.79 Å². The van der Waals surface area contributed by atoms with Crippen LogP contribution in [0, 0.1) is 16.0 Å². The fraction of sp³-hybridized carbons (Fsp3) is 0.526. The summed E-state index contributed by atoms with van der Waals surface area (Å²) in [5.41, 5.74) is 0.452. The molecule has 2 aromatic rings. The van der Waals surface area contributed by atoms with Gasteiger partial charge in [-0.25, -0.2) is 0 Å². The Balaban J connectivity index is 1.38. The van der Waals surface area contributed by atoms with E-state index >= 15 is 0 Å². The number of piperidine rings is 1. The van der Waals surface area contributed by atoms with Crippen LogP contribution in [0.4, 0.5) is 5.69 Å². The first-order chi connectivity index (χ1) is 13.6. The van der Waals surface area contributed by atoms with Crippen LogP contribution in [0.2, 0.25) is 0 Å². The summed E-state index contributed by atoms with van der Waals surface area (Å²) in [4.78, 5) is 25.3. The van der Waals surface area contributed by atoms with Crippen LogP contribution in [0.1, 0.15) is 38.5 Å². The second kappa shape index (κ2) is 8.30. The van der Waals surface area contributed by atoms with Crippen molar-refractivity contribution >= 4 is 23.4 Å². The lowest BCUT2D eigenvalue weighted by Gasteiger charge is -2.44. The summed E-state index contributed by atoms with van der Waals surface area (Å²) in [6, 6.07) is 6.44. The van der Waals surface area contributed by atoms with Crippen molar-refractivity contribution in [2.24, 2.45) is 5.92 Å². The maximum absolute atomic E-state index is 12.8. The van der Waals surface area contributed by atoms with Gasteiger partial charge in [-0.1, -0.05) is 30.7 Å². The number of hydrogen-bond donors (Lipinski definition) is 0. The summed E-state index contributed by atoms with van der Waals surface area (Å²) in [5, 5.41) is 19.1. The molecule has 1 saturated heterocycles. The van der Waals surface area contributed by atoms with Crippen molar-refractivity contribution < 1.29 is 14.1 Å². The second-order valence-electron chi connectivity index (χ2n) is 7.31. The minimum atomic E-state index is -0.467. The van der Waals surface area contributed by atoms with Crippen molar-refractivity contribution in [1.82, 2.24) is 15.1 Å². The van der Waals surface area contributed by atoms with E-state index in [2.05, 4.69) is 15.1 Å². The highest BCUT2D eigenvalue weighted by molar-refractivity contribution is 7.99. The molecule has 9 heteroatoms. The van der Waals surface area contributed by atoms with E-state index in [-0.39, 0.29) is 23.2 Å². The first-order valence-electron chi connectivity index (χ1n) is 9.62. The Morgan fingerprint density at radius 2 is 2.07 bits per heavy atom. The SMILES string of the molecule is O=C(CSc1nnc(-c2cccc([N+](=O)[O-])c2)o1)N1CCC[C@H]2CCCC[C@@H]21. The largest absolute Gasteiger partial charge is 0.411 e. The lowest BCUT2D eigenvalue weighted by Crippen LogP contribution is -2.50. The van der Waals surface area contributed by atoms with Crippen LogP contribution < -0.4 is 0 Å². The molecule has 1 saturated carbocycles. The van der Waals surface area contributed by atoms with Gasteiger partial charge in [-0.05, 0) is 37.7 Å². The van der Waals surface area contributed by atoms with Gasteiger partial charge < -0.3 is 9.32 Å². The predicted molar refractivity (Wildman–Crippen MR) is 104 cm³/mol. The lowest BCUT2D eigenvalue weighted by atomic mass is 9.78. The summed E-state index contributed by atoms with van der Waals surface area (Å²) in [5.74, 6) is 1.25. The molecule has 1 aliphatic heterocycles. The molecule has 8 nitrogen and oxygen atoms in total. The third-order valence-electron chi connectivity index (χ3n) is 5.59. The number of non-ortho nitro benzene ring substituents is 1. The predicted octanol–water partition coefficient (Wildman–Crippen LogP) is 3.92. The van der Waals surface area contributed by atoms with Crippen molar-refractivity contribution in [3.8, 4) is 11.5 Å². The van der Waals surface area contributed by atoms with Gasteiger partial charge in [0.15, 0.2) is 0 Å². The molecular weight excluding hydrogens is 380 g/mol. The van der Waals surface area contributed by atoms with E-state index in [1.807, 2.05) is 0 Å². The summed E-state index contributed by atoms with van der Waals surface area (Å²) < 4.78 is 5.60. The van der Waals surface area contributed by atoms with Gasteiger partial charge in [-0.3, -0.25) is 14.9 Å². The smallest absolute Gasteiger partial charge is 0.277 e. The van der Waals surface area contributed by atoms with Crippen LogP contribution in [0.25, 0.3) is 11.5 Å². The van der Waals surface area contributed by atoms with E-state index in [0.29, 0.717) is 22.7 Å². The van der Waals surface area contributed by atoms with E-state index in [9.17, 15) is 14.9 Å². The number of amides is 1. The number of nitro benzene ring substituents is 1. The third-order valence-corrected chi connectivity index (χ3v) is 6.40. The highest BCUT2D eigenvalue weighted by Crippen LogP contribution is 2.36. The molecule has 28 heavy (non-hydrogen) atoms. The monoisotopic (exact) mass is 402 g/mol. The number of carbonyl (C=O) groups excluding carboxylic acids is 1. The maximum atomic E-state index is 12.8. The Morgan fingerprint density at radius 1 is 1.25 bits per heavy atom. The third kappa shape index (κ3) is 4.04. The number of nitro groups is 1. The van der Waals surface area contributed by atoms with E-state index in [1.165, 1.54) is 49.6 Å². The van der Waals surface area contributed by atoms with Gasteiger partial charge in [0.2, 0.25) is 11.8 Å². The van der Waals surface area contributed by atoms with E-state index in [0.717, 1.165) is 19.4 Å². The molecule has 2 heterocycles. The summed E-state index contributed by atoms with van der Waals surface area (Å²) in [6.07, 6.45) is 7.14. The summed E-state index contributed by atoms with van der Waals surface area (Å²) in [6.45, 7) is 0.837. The maximum Gasteiger partial charge on any atom is 0.277 e. The second-order valence-corrected chi connectivity index (χ2v) is 8.24. The molecule has 2 atom stereocenters. The van der Waals surface area contributed by atoms with Gasteiger partial charge in [0, 0.05) is 30.3 Å². The zero-order valence-electron chi connectivity index (χ0n) is 15.5. The molecule has 1 aromatic carbocycles. The fourth-order valence-electron chi connectivity index (χ4n) is 4.28. The number of thioether (sulfide) groups is 1. The molecule has 1 aliphatic carbocycles. The summed E-state index contributed by atoms with van der Waals surface area (Å²) in [7, 11) is 0. The topological polar surface area (TPSA) is 102 Å². The molecule has 2 aliphatic rings. The van der Waals surface area contributed by atoms with Crippen LogP contribution in [0.3, 0.4) is 0 Å². The summed E-state index contributed by atoms with van der Waals surface area (Å²) >= 11 is 1.22. The quantitative estimate of drug-likeness (QED) is 0.424. The molecule has 2 fully saturated rings. The van der Waals surface area contributed by atoms with Crippen molar-refractivity contribution in [1.29, 1.82) is 0 Å². The normalized spacial score (nSPS) is 21.9. The average molecular weight is 402 g/mol. The van der Waals surface area contributed by atoms with Crippen LogP contribution >= 0.6 is 11.8 Å². The molecule has 148 valence electrons. The highest BCUT2D eigenvalue weighted by atomic mass is 32.2. The zero-order valence-corrected chi connectivity index (χ0v) is 16.3. The minimum absolute atomic E-state index is 0.0350. The molecule has 1 aromatic heterocycles. The number of aromatic nitrogens is 2. The number of benzene rings is 1. The van der Waals surface area contributed by atoms with E-state index in [4.69, 9.17) is 4.42 Å². The number of likely N-dealkylation sites (tertiary alicyclic amines) is 1. The Labute approximate surface area is 166 Å². The van der Waals surface area contributed by atoms with Gasteiger partial charge in [-0.2, -0.15) is 0 Å². The van der Waals surface area contributed by atoms with E-state index in [1.54, 1.807) is 12.1 Å². The van der Waals surface area contributed by atoms with Crippen molar-refractivity contribution in [3.05, 3.63) is 34.4 Å². The average Bonchev–Trinajstić information content (AvgIpc) is 3.21. The Hall–Kier alpha value is -2.42. The number of rotatable bonds is 5. The number of fused-ring (bicyclic) bond motifs is 1. The van der Waals surface area contributed by atoms with E-state index < -0.39 is 4.92 Å². The van der Waals surface area contributed by atoms with Gasteiger partial charge >= 0.3 is 0 Å². The molecule has 0 N–H and O–H groups in total. The molecule has 4 rings (SSSR count). The Morgan fingerprint density at radius 3 is 2.93 bits per heavy atom. The number of carbonyl (C=O) groups is 1. The van der Waals surface area contributed by atoms with Gasteiger partial charge in [-0.15, -0.1) is 10.2 Å². The van der Waals surface area contributed by atoms with Gasteiger partial charge in [0.1, 0.15) is 0 Å². The first-order valence-corrected chi connectivity index (χ1v) is 10.6. The molecule has 0 unspecified atom stereocenters. The Kier molecular flexibility index (Phi) is 5.61. The van der Waals surface area contributed by atoms with Gasteiger partial charge in [0.05, 0.1) is 10.7 Å². The molecule has 0 spiro atoms. The van der Waals surface area contributed by atoms with Crippen molar-refractivity contribution in [2.45, 2.75) is 49.8 Å². The highest BCUT2D eigenvalue weighted by Gasteiger charge is 2.35. The van der Waals surface area contributed by atoms with Crippen LogP contribution in [0.15, 0.2) is 33.9 Å². The van der Waals surface area contributed by atoms with Crippen molar-refractivity contribution in [2.75, 3.05) is 12.3 Å².